The highest BCUT2D eigenvalue weighted by Gasteiger charge is 2.05. The molecule has 1 heterocycles. The summed E-state index contributed by atoms with van der Waals surface area (Å²) in [6.07, 6.45) is 3.45. The van der Waals surface area contributed by atoms with E-state index in [9.17, 15) is 0 Å². The van der Waals surface area contributed by atoms with E-state index in [1.807, 2.05) is 0 Å². The second-order valence-electron chi connectivity index (χ2n) is 5.91. The monoisotopic (exact) mass is 258 g/mol. The maximum Gasteiger partial charge on any atom is 0.0480 e. The maximum absolute atomic E-state index is 3.47. The standard InChI is InChI=1S/C17H26N2/c1-5-14(4)12-19-9-8-16-10-15(6-7-17(16)19)11-18-13(2)3/h6-10,13-14,18H,5,11-12H2,1-4H3. The minimum Gasteiger partial charge on any atom is -0.347 e. The molecule has 2 nitrogen and oxygen atoms in total. The summed E-state index contributed by atoms with van der Waals surface area (Å²) in [5.41, 5.74) is 2.72. The minimum absolute atomic E-state index is 0.533. The predicted octanol–water partition coefficient (Wildman–Crippen LogP) is 4.19. The quantitative estimate of drug-likeness (QED) is 0.822. The smallest absolute Gasteiger partial charge is 0.0480 e. The van der Waals surface area contributed by atoms with E-state index in [4.69, 9.17) is 0 Å². The normalized spacial score (nSPS) is 13.3. The molecule has 0 aliphatic heterocycles. The molecule has 1 N–H and O–H groups in total. The summed E-state index contributed by atoms with van der Waals surface area (Å²) in [5.74, 6) is 0.734. The molecule has 0 spiro atoms. The number of fused-ring (bicyclic) bond motifs is 1. The average Bonchev–Trinajstić information content (AvgIpc) is 2.78. The molecule has 2 heteroatoms. The molecule has 1 aromatic carbocycles. The van der Waals surface area contributed by atoms with Crippen molar-refractivity contribution in [1.29, 1.82) is 0 Å². The van der Waals surface area contributed by atoms with Crippen LogP contribution in [0.5, 0.6) is 0 Å². The van der Waals surface area contributed by atoms with Crippen LogP contribution in [-0.4, -0.2) is 10.6 Å². The van der Waals surface area contributed by atoms with Crippen molar-refractivity contribution in [2.24, 2.45) is 5.92 Å². The van der Waals surface area contributed by atoms with Crippen molar-refractivity contribution >= 4 is 10.9 Å². The first-order valence-corrected chi connectivity index (χ1v) is 7.41. The van der Waals surface area contributed by atoms with Gasteiger partial charge in [-0.15, -0.1) is 0 Å². The first-order valence-electron chi connectivity index (χ1n) is 7.41. The summed E-state index contributed by atoms with van der Waals surface area (Å²) in [6.45, 7) is 11.0. The molecule has 1 atom stereocenters. The van der Waals surface area contributed by atoms with E-state index in [0.29, 0.717) is 6.04 Å². The number of nitrogens with one attached hydrogen (secondary N) is 1. The van der Waals surface area contributed by atoms with Crippen molar-refractivity contribution in [2.45, 2.75) is 53.2 Å². The largest absolute Gasteiger partial charge is 0.347 e. The highest BCUT2D eigenvalue weighted by Crippen LogP contribution is 2.19. The number of benzene rings is 1. The summed E-state index contributed by atoms with van der Waals surface area (Å²) in [5, 5.41) is 4.82. The number of nitrogens with zero attached hydrogens (tertiary/aromatic N) is 1. The number of rotatable bonds is 6. The molecular weight excluding hydrogens is 232 g/mol. The van der Waals surface area contributed by atoms with Crippen LogP contribution in [-0.2, 0) is 13.1 Å². The SMILES string of the molecule is CCC(C)Cn1ccc2cc(CNC(C)C)ccc21. The van der Waals surface area contributed by atoms with Crippen molar-refractivity contribution in [2.75, 3.05) is 0 Å². The molecule has 0 bridgehead atoms. The lowest BCUT2D eigenvalue weighted by molar-refractivity contribution is 0.477. The number of hydrogen-bond donors (Lipinski definition) is 1. The van der Waals surface area contributed by atoms with Gasteiger partial charge in [0.1, 0.15) is 0 Å². The Morgan fingerprint density at radius 2 is 1.95 bits per heavy atom. The Hall–Kier alpha value is -1.28. The lowest BCUT2D eigenvalue weighted by Gasteiger charge is -2.12. The van der Waals surface area contributed by atoms with Crippen LogP contribution < -0.4 is 5.32 Å². The molecule has 2 rings (SSSR count). The fourth-order valence-corrected chi connectivity index (χ4v) is 2.31. The van der Waals surface area contributed by atoms with Crippen LogP contribution >= 0.6 is 0 Å². The summed E-state index contributed by atoms with van der Waals surface area (Å²) in [7, 11) is 0. The minimum atomic E-state index is 0.533. The third-order valence-electron chi connectivity index (χ3n) is 3.76. The van der Waals surface area contributed by atoms with E-state index < -0.39 is 0 Å². The van der Waals surface area contributed by atoms with Gasteiger partial charge in [-0.2, -0.15) is 0 Å². The summed E-state index contributed by atoms with van der Waals surface area (Å²) >= 11 is 0. The second kappa shape index (κ2) is 6.25. The maximum atomic E-state index is 3.47. The Kier molecular flexibility index (Phi) is 4.65. The summed E-state index contributed by atoms with van der Waals surface area (Å²) in [6, 6.07) is 9.57. The summed E-state index contributed by atoms with van der Waals surface area (Å²) in [4.78, 5) is 0. The van der Waals surface area contributed by atoms with Gasteiger partial charge in [0.05, 0.1) is 0 Å². The van der Waals surface area contributed by atoms with Gasteiger partial charge in [0.15, 0.2) is 0 Å². The van der Waals surface area contributed by atoms with Gasteiger partial charge in [0.2, 0.25) is 0 Å². The van der Waals surface area contributed by atoms with Crippen molar-refractivity contribution in [3.63, 3.8) is 0 Å². The third kappa shape index (κ3) is 3.60. The van der Waals surface area contributed by atoms with Gasteiger partial charge in [0, 0.05) is 30.8 Å². The lowest BCUT2D eigenvalue weighted by Crippen LogP contribution is -2.21. The number of hydrogen-bond acceptors (Lipinski definition) is 1. The molecule has 0 radical (unpaired) electrons. The first-order chi connectivity index (χ1) is 9.10. The molecule has 2 aromatic rings. The van der Waals surface area contributed by atoms with E-state index in [0.717, 1.165) is 19.0 Å². The molecule has 0 fully saturated rings. The second-order valence-corrected chi connectivity index (χ2v) is 5.91. The predicted molar refractivity (Wildman–Crippen MR) is 83.4 cm³/mol. The molecule has 0 saturated heterocycles. The molecule has 1 unspecified atom stereocenters. The van der Waals surface area contributed by atoms with Gasteiger partial charge in [-0.3, -0.25) is 0 Å². The van der Waals surface area contributed by atoms with Crippen molar-refractivity contribution in [1.82, 2.24) is 9.88 Å². The van der Waals surface area contributed by atoms with Crippen LogP contribution in [0.3, 0.4) is 0 Å². The molecule has 1 aromatic heterocycles. The Morgan fingerprint density at radius 3 is 2.63 bits per heavy atom. The van der Waals surface area contributed by atoms with Gasteiger partial charge < -0.3 is 9.88 Å². The van der Waals surface area contributed by atoms with Crippen LogP contribution in [0.15, 0.2) is 30.5 Å². The zero-order valence-electron chi connectivity index (χ0n) is 12.6. The zero-order chi connectivity index (χ0) is 13.8. The average molecular weight is 258 g/mol. The molecule has 0 aliphatic rings. The lowest BCUT2D eigenvalue weighted by atomic mass is 10.1. The van der Waals surface area contributed by atoms with Gasteiger partial charge in [-0.25, -0.2) is 0 Å². The van der Waals surface area contributed by atoms with Crippen molar-refractivity contribution in [3.05, 3.63) is 36.0 Å². The van der Waals surface area contributed by atoms with Crippen LogP contribution in [0.2, 0.25) is 0 Å². The Labute approximate surface area is 116 Å². The fraction of sp³-hybridized carbons (Fsp3) is 0.529. The highest BCUT2D eigenvalue weighted by molar-refractivity contribution is 5.80. The van der Waals surface area contributed by atoms with E-state index in [1.165, 1.54) is 22.9 Å². The number of aromatic nitrogens is 1. The van der Waals surface area contributed by atoms with E-state index in [-0.39, 0.29) is 0 Å². The van der Waals surface area contributed by atoms with E-state index >= 15 is 0 Å². The molecule has 104 valence electrons. The van der Waals surface area contributed by atoms with Crippen LogP contribution in [0.1, 0.15) is 39.7 Å². The van der Waals surface area contributed by atoms with Gasteiger partial charge in [-0.05, 0) is 35.1 Å². The topological polar surface area (TPSA) is 17.0 Å². The first kappa shape index (κ1) is 14.1. The van der Waals surface area contributed by atoms with Gasteiger partial charge >= 0.3 is 0 Å². The van der Waals surface area contributed by atoms with Crippen LogP contribution in [0.4, 0.5) is 0 Å². The summed E-state index contributed by atoms with van der Waals surface area (Å²) < 4.78 is 2.38. The zero-order valence-corrected chi connectivity index (χ0v) is 12.6. The molecule has 0 amide bonds. The van der Waals surface area contributed by atoms with Gasteiger partial charge in [-0.1, -0.05) is 40.2 Å². The van der Waals surface area contributed by atoms with Crippen LogP contribution in [0.25, 0.3) is 10.9 Å². The van der Waals surface area contributed by atoms with Gasteiger partial charge in [0.25, 0.3) is 0 Å². The Morgan fingerprint density at radius 1 is 1.16 bits per heavy atom. The molecule has 19 heavy (non-hydrogen) atoms. The van der Waals surface area contributed by atoms with Crippen molar-refractivity contribution < 1.29 is 0 Å². The Bertz CT molecular complexity index is 525. The van der Waals surface area contributed by atoms with Crippen molar-refractivity contribution in [3.8, 4) is 0 Å². The Balaban J connectivity index is 2.16. The highest BCUT2D eigenvalue weighted by atomic mass is 15.0. The molecule has 0 aliphatic carbocycles. The molecular formula is C17H26N2. The fourth-order valence-electron chi connectivity index (χ4n) is 2.31. The van der Waals surface area contributed by atoms with Crippen LogP contribution in [0, 0.1) is 5.92 Å². The molecule has 0 saturated carbocycles. The third-order valence-corrected chi connectivity index (χ3v) is 3.76. The van der Waals surface area contributed by atoms with E-state index in [1.54, 1.807) is 0 Å². The van der Waals surface area contributed by atoms with E-state index in [2.05, 4.69) is 68.0 Å².